The number of hydrogen-bond acceptors (Lipinski definition) is 5. The Labute approximate surface area is 97.2 Å². The molecule has 0 saturated heterocycles. The van der Waals surface area contributed by atoms with E-state index in [0.29, 0.717) is 0 Å². The highest BCUT2D eigenvalue weighted by molar-refractivity contribution is 7.13. The highest BCUT2D eigenvalue weighted by atomic mass is 32.1. The highest BCUT2D eigenvalue weighted by Crippen LogP contribution is 2.18. The second kappa shape index (κ2) is 4.72. The third-order valence-electron chi connectivity index (χ3n) is 2.00. The quantitative estimate of drug-likeness (QED) is 0.891. The Hall–Kier alpha value is -0.940. The van der Waals surface area contributed by atoms with Crippen molar-refractivity contribution in [3.8, 4) is 0 Å². The van der Waals surface area contributed by atoms with Crippen LogP contribution in [0.4, 0.5) is 5.13 Å². The predicted molar refractivity (Wildman–Crippen MR) is 65.7 cm³/mol. The van der Waals surface area contributed by atoms with Crippen LogP contribution in [0, 0.1) is 6.92 Å². The lowest BCUT2D eigenvalue weighted by atomic mass is 10.4. The van der Waals surface area contributed by atoms with Crippen molar-refractivity contribution in [2.75, 3.05) is 5.32 Å². The van der Waals surface area contributed by atoms with Crippen molar-refractivity contribution in [2.45, 2.75) is 26.8 Å². The van der Waals surface area contributed by atoms with Crippen LogP contribution in [0.15, 0.2) is 11.6 Å². The Morgan fingerprint density at radius 3 is 2.93 bits per heavy atom. The summed E-state index contributed by atoms with van der Waals surface area (Å²) in [5.74, 6) is 0. The Morgan fingerprint density at radius 2 is 2.33 bits per heavy atom. The summed E-state index contributed by atoms with van der Waals surface area (Å²) < 4.78 is 0. The van der Waals surface area contributed by atoms with Crippen LogP contribution in [0.3, 0.4) is 0 Å². The topological polar surface area (TPSA) is 37.8 Å². The van der Waals surface area contributed by atoms with E-state index < -0.39 is 0 Å². The Kier molecular flexibility index (Phi) is 3.33. The van der Waals surface area contributed by atoms with E-state index in [1.165, 1.54) is 4.88 Å². The molecule has 2 aromatic heterocycles. The molecule has 0 amide bonds. The number of hydrogen-bond donors (Lipinski definition) is 1. The molecule has 2 rings (SSSR count). The van der Waals surface area contributed by atoms with Gasteiger partial charge in [0.25, 0.3) is 0 Å². The summed E-state index contributed by atoms with van der Waals surface area (Å²) in [5, 5.41) is 7.51. The minimum Gasteiger partial charge on any atom is -0.357 e. The molecule has 0 spiro atoms. The molecule has 0 bridgehead atoms. The van der Waals surface area contributed by atoms with Crippen molar-refractivity contribution in [1.82, 2.24) is 9.97 Å². The van der Waals surface area contributed by atoms with Crippen molar-refractivity contribution < 1.29 is 0 Å². The van der Waals surface area contributed by atoms with Gasteiger partial charge in [0.1, 0.15) is 0 Å². The number of nitrogens with zero attached hydrogens (tertiary/aromatic N) is 2. The van der Waals surface area contributed by atoms with Gasteiger partial charge in [-0.1, -0.05) is 6.92 Å². The molecule has 0 saturated carbocycles. The molecule has 0 aromatic carbocycles. The first-order chi connectivity index (χ1) is 7.28. The number of rotatable bonds is 4. The number of aryl methyl sites for hydroxylation is 2. The molecule has 0 aliphatic carbocycles. The fourth-order valence-corrected chi connectivity index (χ4v) is 2.73. The molecule has 3 nitrogen and oxygen atoms in total. The predicted octanol–water partition coefficient (Wildman–Crippen LogP) is 3.08. The fraction of sp³-hybridized carbons (Fsp3) is 0.400. The summed E-state index contributed by atoms with van der Waals surface area (Å²) in [7, 11) is 0. The van der Waals surface area contributed by atoms with E-state index in [0.717, 1.165) is 28.8 Å². The van der Waals surface area contributed by atoms with Crippen LogP contribution in [0.1, 0.15) is 22.5 Å². The molecule has 2 aromatic rings. The largest absolute Gasteiger partial charge is 0.357 e. The third-order valence-corrected chi connectivity index (χ3v) is 3.76. The van der Waals surface area contributed by atoms with Gasteiger partial charge in [0.05, 0.1) is 17.2 Å². The van der Waals surface area contributed by atoms with Crippen LogP contribution < -0.4 is 5.32 Å². The smallest absolute Gasteiger partial charge is 0.183 e. The first-order valence-corrected chi connectivity index (χ1v) is 6.57. The first kappa shape index (κ1) is 10.6. The second-order valence-corrected chi connectivity index (χ2v) is 5.37. The molecule has 0 fully saturated rings. The second-order valence-electron chi connectivity index (χ2n) is 3.20. The highest BCUT2D eigenvalue weighted by Gasteiger charge is 2.01. The van der Waals surface area contributed by atoms with Gasteiger partial charge in [0, 0.05) is 16.5 Å². The van der Waals surface area contributed by atoms with Crippen LogP contribution in [0.5, 0.6) is 0 Å². The van der Waals surface area contributed by atoms with E-state index in [4.69, 9.17) is 0 Å². The zero-order valence-corrected chi connectivity index (χ0v) is 10.4. The summed E-state index contributed by atoms with van der Waals surface area (Å²) in [6.07, 6.45) is 2.92. The van der Waals surface area contributed by atoms with Crippen molar-refractivity contribution in [3.05, 3.63) is 27.2 Å². The summed E-state index contributed by atoms with van der Waals surface area (Å²) in [6, 6.07) is 0. The minimum atomic E-state index is 0.822. The van der Waals surface area contributed by atoms with Crippen LogP contribution in [-0.4, -0.2) is 9.97 Å². The van der Waals surface area contributed by atoms with E-state index >= 15 is 0 Å². The maximum atomic E-state index is 4.44. The van der Waals surface area contributed by atoms with Gasteiger partial charge in [0.2, 0.25) is 0 Å². The molecular weight excluding hydrogens is 226 g/mol. The molecule has 2 heterocycles. The van der Waals surface area contributed by atoms with Gasteiger partial charge in [-0.2, -0.15) is 0 Å². The van der Waals surface area contributed by atoms with Crippen LogP contribution in [-0.2, 0) is 13.0 Å². The van der Waals surface area contributed by atoms with Gasteiger partial charge >= 0.3 is 0 Å². The molecule has 1 N–H and O–H groups in total. The number of thiazole rings is 2. The van der Waals surface area contributed by atoms with Gasteiger partial charge in [-0.25, -0.2) is 9.97 Å². The lowest BCUT2D eigenvalue weighted by molar-refractivity contribution is 1.05. The zero-order chi connectivity index (χ0) is 10.7. The number of anilines is 1. The van der Waals surface area contributed by atoms with Gasteiger partial charge in [-0.15, -0.1) is 22.7 Å². The van der Waals surface area contributed by atoms with E-state index in [2.05, 4.69) is 27.6 Å². The summed E-state index contributed by atoms with van der Waals surface area (Å²) in [6.45, 7) is 4.96. The molecule has 5 heteroatoms. The fourth-order valence-electron chi connectivity index (χ4n) is 1.20. The molecule has 15 heavy (non-hydrogen) atoms. The van der Waals surface area contributed by atoms with Crippen molar-refractivity contribution >= 4 is 27.8 Å². The van der Waals surface area contributed by atoms with Gasteiger partial charge in [-0.3, -0.25) is 0 Å². The van der Waals surface area contributed by atoms with Gasteiger partial charge in [-0.05, 0) is 13.3 Å². The summed E-state index contributed by atoms with van der Waals surface area (Å²) in [5.41, 5.74) is 1.16. The standard InChI is InChI=1S/C10H13N3S2/c1-3-8-6-14-10(13-8)12-5-9-4-11-7(2)15-9/h4,6H,3,5H2,1-2H3,(H,12,13). The van der Waals surface area contributed by atoms with Gasteiger partial charge < -0.3 is 5.32 Å². The number of nitrogens with one attached hydrogen (secondary N) is 1. The average molecular weight is 239 g/mol. The van der Waals surface area contributed by atoms with Crippen molar-refractivity contribution in [1.29, 1.82) is 0 Å². The molecule has 80 valence electrons. The molecule has 0 atom stereocenters. The molecule has 0 unspecified atom stereocenters. The molecular formula is C10H13N3S2. The molecule has 0 aliphatic rings. The summed E-state index contributed by atoms with van der Waals surface area (Å²) in [4.78, 5) is 9.90. The van der Waals surface area contributed by atoms with Gasteiger partial charge in [0.15, 0.2) is 5.13 Å². The van der Waals surface area contributed by atoms with E-state index in [-0.39, 0.29) is 0 Å². The van der Waals surface area contributed by atoms with Crippen LogP contribution in [0.2, 0.25) is 0 Å². The molecule has 0 aliphatic heterocycles. The Morgan fingerprint density at radius 1 is 1.47 bits per heavy atom. The normalized spacial score (nSPS) is 10.5. The maximum Gasteiger partial charge on any atom is 0.183 e. The van der Waals surface area contributed by atoms with E-state index in [1.54, 1.807) is 22.7 Å². The SMILES string of the molecule is CCc1csc(NCc2cnc(C)s2)n1. The maximum absolute atomic E-state index is 4.44. The van der Waals surface area contributed by atoms with Crippen LogP contribution >= 0.6 is 22.7 Å². The molecule has 0 radical (unpaired) electrons. The number of aromatic nitrogens is 2. The minimum absolute atomic E-state index is 0.822. The average Bonchev–Trinajstić information content (AvgIpc) is 2.83. The first-order valence-electron chi connectivity index (χ1n) is 4.87. The van der Waals surface area contributed by atoms with Crippen molar-refractivity contribution in [3.63, 3.8) is 0 Å². The van der Waals surface area contributed by atoms with E-state index in [9.17, 15) is 0 Å². The monoisotopic (exact) mass is 239 g/mol. The summed E-state index contributed by atoms with van der Waals surface area (Å²) >= 11 is 3.38. The Balaban J connectivity index is 1.93. The Bertz CT molecular complexity index is 433. The lowest BCUT2D eigenvalue weighted by Crippen LogP contribution is -1.96. The van der Waals surface area contributed by atoms with E-state index in [1.807, 2.05) is 13.1 Å². The van der Waals surface area contributed by atoms with Crippen LogP contribution in [0.25, 0.3) is 0 Å². The lowest BCUT2D eigenvalue weighted by Gasteiger charge is -1.97. The third kappa shape index (κ3) is 2.76. The zero-order valence-electron chi connectivity index (χ0n) is 8.78. The van der Waals surface area contributed by atoms with Crippen molar-refractivity contribution in [2.24, 2.45) is 0 Å².